The van der Waals surface area contributed by atoms with Crippen LogP contribution in [0.1, 0.15) is 11.4 Å². The first kappa shape index (κ1) is 15.2. The van der Waals surface area contributed by atoms with Gasteiger partial charge in [-0.3, -0.25) is 0 Å². The van der Waals surface area contributed by atoms with Crippen molar-refractivity contribution in [3.05, 3.63) is 57.4 Å². The highest BCUT2D eigenvalue weighted by Gasteiger charge is 2.13. The average Bonchev–Trinajstić information content (AvgIpc) is 2.76. The van der Waals surface area contributed by atoms with Gasteiger partial charge in [0.05, 0.1) is 17.6 Å². The number of aromatic nitrogens is 2. The van der Waals surface area contributed by atoms with Crippen molar-refractivity contribution in [1.29, 1.82) is 0 Å². The predicted octanol–water partition coefficient (Wildman–Crippen LogP) is 4.60. The van der Waals surface area contributed by atoms with Gasteiger partial charge in [0.1, 0.15) is 11.6 Å². The molecule has 0 atom stereocenters. The third-order valence-electron chi connectivity index (χ3n) is 3.42. The average molecular weight is 414 g/mol. The molecule has 0 aliphatic carbocycles. The van der Waals surface area contributed by atoms with Gasteiger partial charge in [-0.05, 0) is 53.8 Å². The molecule has 0 unspecified atom stereocenters. The standard InChI is InChI=1S/C16H13F2IN2O/c1-10-20-13-7-6-12(19)8-14(13)21(10)9-11-4-2-3-5-15(11)22-16(17)18/h2-8,16H,9H2,1H3. The van der Waals surface area contributed by atoms with E-state index in [1.807, 2.05) is 35.8 Å². The molecule has 0 spiro atoms. The maximum Gasteiger partial charge on any atom is 0.387 e. The molecule has 3 aromatic rings. The molecule has 114 valence electrons. The Bertz CT molecular complexity index is 817. The lowest BCUT2D eigenvalue weighted by molar-refractivity contribution is -0.0504. The number of alkyl halides is 2. The van der Waals surface area contributed by atoms with Crippen molar-refractivity contribution in [2.24, 2.45) is 0 Å². The van der Waals surface area contributed by atoms with Gasteiger partial charge in [0.25, 0.3) is 0 Å². The van der Waals surface area contributed by atoms with Gasteiger partial charge in [-0.1, -0.05) is 18.2 Å². The van der Waals surface area contributed by atoms with Crippen LogP contribution >= 0.6 is 22.6 Å². The van der Waals surface area contributed by atoms with Gasteiger partial charge < -0.3 is 9.30 Å². The fourth-order valence-electron chi connectivity index (χ4n) is 2.43. The number of halogens is 3. The molecule has 1 heterocycles. The zero-order valence-corrected chi connectivity index (χ0v) is 13.9. The van der Waals surface area contributed by atoms with Crippen molar-refractivity contribution in [3.8, 4) is 5.75 Å². The molecule has 6 heteroatoms. The van der Waals surface area contributed by atoms with Crippen molar-refractivity contribution in [2.45, 2.75) is 20.1 Å². The van der Waals surface area contributed by atoms with Gasteiger partial charge in [0, 0.05) is 9.13 Å². The number of imidazole rings is 1. The lowest BCUT2D eigenvalue weighted by Crippen LogP contribution is -2.08. The summed E-state index contributed by atoms with van der Waals surface area (Å²) >= 11 is 2.24. The van der Waals surface area contributed by atoms with Crippen LogP contribution < -0.4 is 4.74 Å². The Labute approximate surface area is 140 Å². The molecule has 3 nitrogen and oxygen atoms in total. The number of nitrogens with zero attached hydrogens (tertiary/aromatic N) is 2. The van der Waals surface area contributed by atoms with E-state index >= 15 is 0 Å². The van der Waals surface area contributed by atoms with E-state index < -0.39 is 6.61 Å². The first-order chi connectivity index (χ1) is 10.5. The van der Waals surface area contributed by atoms with E-state index in [1.165, 1.54) is 0 Å². The van der Waals surface area contributed by atoms with E-state index in [-0.39, 0.29) is 5.75 Å². The molecule has 2 aromatic carbocycles. The van der Waals surface area contributed by atoms with Crippen LogP contribution in [0.2, 0.25) is 0 Å². The van der Waals surface area contributed by atoms with Gasteiger partial charge >= 0.3 is 6.61 Å². The lowest BCUT2D eigenvalue weighted by Gasteiger charge is -2.12. The van der Waals surface area contributed by atoms with Crippen LogP contribution in [0.4, 0.5) is 8.78 Å². The topological polar surface area (TPSA) is 27.1 Å². The number of fused-ring (bicyclic) bond motifs is 1. The third kappa shape index (κ3) is 3.06. The molecular formula is C16H13F2IN2O. The van der Waals surface area contributed by atoms with Gasteiger partial charge in [0.2, 0.25) is 0 Å². The van der Waals surface area contributed by atoms with Crippen molar-refractivity contribution in [2.75, 3.05) is 0 Å². The summed E-state index contributed by atoms with van der Waals surface area (Å²) in [6, 6.07) is 12.8. The third-order valence-corrected chi connectivity index (χ3v) is 4.09. The summed E-state index contributed by atoms with van der Waals surface area (Å²) in [5, 5.41) is 0. The van der Waals surface area contributed by atoms with Crippen LogP contribution in [0.25, 0.3) is 11.0 Å². The minimum Gasteiger partial charge on any atom is -0.434 e. The molecule has 0 fully saturated rings. The van der Waals surface area contributed by atoms with Crippen LogP contribution in [-0.4, -0.2) is 16.2 Å². The number of ether oxygens (including phenoxy) is 1. The number of para-hydroxylation sites is 1. The van der Waals surface area contributed by atoms with Crippen LogP contribution in [0.3, 0.4) is 0 Å². The highest BCUT2D eigenvalue weighted by Crippen LogP contribution is 2.25. The minimum atomic E-state index is -2.83. The van der Waals surface area contributed by atoms with Gasteiger partial charge in [-0.25, -0.2) is 4.98 Å². The van der Waals surface area contributed by atoms with E-state index in [2.05, 4.69) is 32.3 Å². The van der Waals surface area contributed by atoms with Crippen LogP contribution in [0.5, 0.6) is 5.75 Å². The van der Waals surface area contributed by atoms with Crippen molar-refractivity contribution >= 4 is 33.6 Å². The molecule has 1 aromatic heterocycles. The van der Waals surface area contributed by atoms with E-state index in [0.29, 0.717) is 12.1 Å². The quantitative estimate of drug-likeness (QED) is 0.584. The van der Waals surface area contributed by atoms with Crippen LogP contribution in [-0.2, 0) is 6.54 Å². The van der Waals surface area contributed by atoms with E-state index in [9.17, 15) is 8.78 Å². The molecule has 0 bridgehead atoms. The summed E-state index contributed by atoms with van der Waals surface area (Å²) in [6.07, 6.45) is 0. The Morgan fingerprint density at radius 3 is 2.77 bits per heavy atom. The normalized spacial score (nSPS) is 11.3. The molecular weight excluding hydrogens is 401 g/mol. The molecule has 0 amide bonds. The summed E-state index contributed by atoms with van der Waals surface area (Å²) in [5.41, 5.74) is 2.57. The number of benzene rings is 2. The summed E-state index contributed by atoms with van der Waals surface area (Å²) in [7, 11) is 0. The van der Waals surface area contributed by atoms with Crippen molar-refractivity contribution in [3.63, 3.8) is 0 Å². The second-order valence-corrected chi connectivity index (χ2v) is 6.11. The fraction of sp³-hybridized carbons (Fsp3) is 0.188. The zero-order chi connectivity index (χ0) is 15.7. The number of hydrogen-bond acceptors (Lipinski definition) is 2. The van der Waals surface area contributed by atoms with Gasteiger partial charge in [-0.15, -0.1) is 0 Å². The zero-order valence-electron chi connectivity index (χ0n) is 11.8. The highest BCUT2D eigenvalue weighted by atomic mass is 127. The smallest absolute Gasteiger partial charge is 0.387 e. The molecule has 0 radical (unpaired) electrons. The molecule has 0 saturated heterocycles. The summed E-state index contributed by atoms with van der Waals surface area (Å²) in [4.78, 5) is 4.51. The first-order valence-electron chi connectivity index (χ1n) is 6.69. The lowest BCUT2D eigenvalue weighted by atomic mass is 10.2. The van der Waals surface area contributed by atoms with Crippen molar-refractivity contribution in [1.82, 2.24) is 9.55 Å². The maximum absolute atomic E-state index is 12.5. The highest BCUT2D eigenvalue weighted by molar-refractivity contribution is 14.1. The minimum absolute atomic E-state index is 0.198. The van der Waals surface area contributed by atoms with Gasteiger partial charge in [0.15, 0.2) is 0 Å². The maximum atomic E-state index is 12.5. The van der Waals surface area contributed by atoms with E-state index in [0.717, 1.165) is 20.4 Å². The monoisotopic (exact) mass is 414 g/mol. The number of rotatable bonds is 4. The largest absolute Gasteiger partial charge is 0.434 e. The molecule has 0 aliphatic rings. The molecule has 0 saturated carbocycles. The second-order valence-electron chi connectivity index (χ2n) is 4.86. The Balaban J connectivity index is 2.03. The summed E-state index contributed by atoms with van der Waals surface area (Å²) in [6.45, 7) is -0.489. The van der Waals surface area contributed by atoms with Crippen LogP contribution in [0.15, 0.2) is 42.5 Å². The Kier molecular flexibility index (Phi) is 4.28. The van der Waals surface area contributed by atoms with E-state index in [4.69, 9.17) is 0 Å². The SMILES string of the molecule is Cc1nc2ccc(I)cc2n1Cc1ccccc1OC(F)F. The number of aryl methyl sites for hydroxylation is 1. The van der Waals surface area contributed by atoms with Crippen LogP contribution in [0, 0.1) is 10.5 Å². The predicted molar refractivity (Wildman–Crippen MR) is 89.4 cm³/mol. The Morgan fingerprint density at radius 2 is 2.00 bits per heavy atom. The molecule has 22 heavy (non-hydrogen) atoms. The second kappa shape index (κ2) is 6.20. The Hall–Kier alpha value is -1.70. The first-order valence-corrected chi connectivity index (χ1v) is 7.77. The van der Waals surface area contributed by atoms with E-state index in [1.54, 1.807) is 18.2 Å². The molecule has 0 N–H and O–H groups in total. The van der Waals surface area contributed by atoms with Gasteiger partial charge in [-0.2, -0.15) is 8.78 Å². The fourth-order valence-corrected chi connectivity index (χ4v) is 2.91. The molecule has 0 aliphatic heterocycles. The summed E-state index contributed by atoms with van der Waals surface area (Å²) < 4.78 is 32.8. The van der Waals surface area contributed by atoms with Crippen molar-refractivity contribution < 1.29 is 13.5 Å². The number of hydrogen-bond donors (Lipinski definition) is 0. The molecule has 3 rings (SSSR count). The Morgan fingerprint density at radius 1 is 1.23 bits per heavy atom. The summed E-state index contributed by atoms with van der Waals surface area (Å²) in [5.74, 6) is 1.04.